The van der Waals surface area contributed by atoms with Crippen LogP contribution < -0.4 is 11.5 Å². The highest BCUT2D eigenvalue weighted by Gasteiger charge is 2.40. The van der Waals surface area contributed by atoms with Gasteiger partial charge in [0.05, 0.1) is 33.5 Å². The third-order valence-electron chi connectivity index (χ3n) is 12.8. The summed E-state index contributed by atoms with van der Waals surface area (Å²) in [6, 6.07) is 38.6. The highest BCUT2D eigenvalue weighted by Crippen LogP contribution is 2.42. The Morgan fingerprint density at radius 2 is 0.871 bits per heavy atom. The fraction of sp³-hybridized carbons (Fsp3) is 0.407. The Labute approximate surface area is 368 Å². The molecule has 0 unspecified atom stereocenters. The Hall–Kier alpha value is -5.44. The summed E-state index contributed by atoms with van der Waals surface area (Å²) in [5.74, 6) is 2.15. The van der Waals surface area contributed by atoms with Gasteiger partial charge in [0.25, 0.3) is 0 Å². The molecule has 4 heterocycles. The summed E-state index contributed by atoms with van der Waals surface area (Å²) in [5, 5.41) is 2.19. The van der Waals surface area contributed by atoms with Gasteiger partial charge in [-0.15, -0.1) is 0 Å². The van der Waals surface area contributed by atoms with Gasteiger partial charge in [-0.25, -0.2) is 19.9 Å². The van der Waals surface area contributed by atoms with Crippen LogP contribution in [-0.4, -0.2) is 35.6 Å². The molecule has 0 fully saturated rings. The van der Waals surface area contributed by atoms with Crippen LogP contribution in [0.5, 0.6) is 0 Å². The predicted molar refractivity (Wildman–Crippen MR) is 259 cm³/mol. The average molecular weight is 827 g/mol. The van der Waals surface area contributed by atoms with Crippen molar-refractivity contribution in [2.75, 3.05) is 6.54 Å². The van der Waals surface area contributed by atoms with Crippen molar-refractivity contribution in [2.24, 2.45) is 11.5 Å². The van der Waals surface area contributed by atoms with Gasteiger partial charge in [0.1, 0.15) is 28.2 Å². The number of aryl methyl sites for hydroxylation is 2. The predicted octanol–water partition coefficient (Wildman–Crippen LogP) is 12.3. The van der Waals surface area contributed by atoms with Crippen LogP contribution in [0.1, 0.15) is 138 Å². The highest BCUT2D eigenvalue weighted by molar-refractivity contribution is 6.06. The Morgan fingerprint density at radius 3 is 1.31 bits per heavy atom. The molecule has 0 aliphatic heterocycles. The zero-order chi connectivity index (χ0) is 42.7. The van der Waals surface area contributed by atoms with E-state index < -0.39 is 5.54 Å². The van der Waals surface area contributed by atoms with Gasteiger partial charge in [0, 0.05) is 36.7 Å². The molecule has 0 radical (unpaired) electrons. The molecule has 0 aliphatic rings. The first-order valence-electron chi connectivity index (χ1n) is 23.7. The van der Waals surface area contributed by atoms with E-state index in [-0.39, 0.29) is 0 Å². The van der Waals surface area contributed by atoms with Crippen molar-refractivity contribution in [1.29, 1.82) is 0 Å². The molecule has 0 bridgehead atoms. The smallest absolute Gasteiger partial charge is 0.113 e. The van der Waals surface area contributed by atoms with Gasteiger partial charge in [0.15, 0.2) is 0 Å². The number of benzene rings is 4. The summed E-state index contributed by atoms with van der Waals surface area (Å²) in [4.78, 5) is 22.4. The maximum Gasteiger partial charge on any atom is 0.113 e. The normalized spacial score (nSPS) is 12.1. The molecule has 0 aliphatic carbocycles. The molecule has 0 atom stereocenters. The Morgan fingerprint density at radius 1 is 0.468 bits per heavy atom. The number of fused-ring (bicyclic) bond motifs is 6. The molecule has 322 valence electrons. The number of unbranched alkanes of at least 4 members (excludes halogenated alkanes) is 10. The first-order chi connectivity index (χ1) is 30.5. The van der Waals surface area contributed by atoms with Gasteiger partial charge in [-0.1, -0.05) is 175 Å². The topological polar surface area (TPSA) is 113 Å². The Balaban J connectivity index is 1.34. The standard InChI is InChI=1S/C54H66N8/c1-3-5-34-46-59-48-50(61(46)38-40-26-16-14-17-27-40)42-30-20-22-32-44(42)57-52(48)54(56,36-24-12-10-8-7-9-11-13-25-37-55)53-49-51(43-31-21-23-33-45(43)58-53)62(47(60-49)35-6-4-2)39-41-28-18-15-19-29-41/h14-23,26-33H,3-13,24-25,34-39,55-56H2,1-2H3. The summed E-state index contributed by atoms with van der Waals surface area (Å²) < 4.78 is 4.89. The second-order valence-electron chi connectivity index (χ2n) is 17.4. The minimum atomic E-state index is -1.09. The molecule has 0 saturated carbocycles. The summed E-state index contributed by atoms with van der Waals surface area (Å²) in [5.41, 5.74) is 22.8. The summed E-state index contributed by atoms with van der Waals surface area (Å²) >= 11 is 0. The molecule has 0 spiro atoms. The molecule has 8 heteroatoms. The molecule has 4 N–H and O–H groups in total. The molecule has 8 rings (SSSR count). The van der Waals surface area contributed by atoms with Crippen molar-refractivity contribution >= 4 is 43.9 Å². The van der Waals surface area contributed by atoms with Crippen LogP contribution in [0.2, 0.25) is 0 Å². The number of imidazole rings is 2. The lowest BCUT2D eigenvalue weighted by Gasteiger charge is -2.30. The number of hydrogen-bond donors (Lipinski definition) is 2. The molecule has 0 saturated heterocycles. The third kappa shape index (κ3) is 9.32. The van der Waals surface area contributed by atoms with E-state index in [1.807, 2.05) is 0 Å². The molecule has 8 aromatic rings. The monoisotopic (exact) mass is 827 g/mol. The van der Waals surface area contributed by atoms with E-state index in [9.17, 15) is 0 Å². The summed E-state index contributed by atoms with van der Waals surface area (Å²) in [6.07, 6.45) is 17.3. The Bertz CT molecular complexity index is 2510. The van der Waals surface area contributed by atoms with Gasteiger partial charge in [-0.05, 0) is 55.5 Å². The quantitative estimate of drug-likeness (QED) is 0.0621. The van der Waals surface area contributed by atoms with E-state index in [1.165, 1.54) is 49.7 Å². The van der Waals surface area contributed by atoms with E-state index in [2.05, 4.69) is 132 Å². The first kappa shape index (κ1) is 43.2. The van der Waals surface area contributed by atoms with Crippen molar-refractivity contribution in [1.82, 2.24) is 29.1 Å². The number of pyridine rings is 2. The van der Waals surface area contributed by atoms with Crippen molar-refractivity contribution in [3.8, 4) is 0 Å². The van der Waals surface area contributed by atoms with Gasteiger partial charge in [0.2, 0.25) is 0 Å². The average Bonchev–Trinajstić information content (AvgIpc) is 3.86. The molecular weight excluding hydrogens is 761 g/mol. The van der Waals surface area contributed by atoms with Crippen LogP contribution in [0.3, 0.4) is 0 Å². The van der Waals surface area contributed by atoms with Crippen LogP contribution in [-0.2, 0) is 31.5 Å². The molecule has 4 aromatic carbocycles. The lowest BCUT2D eigenvalue weighted by Crippen LogP contribution is -2.40. The lowest BCUT2D eigenvalue weighted by atomic mass is 9.83. The maximum absolute atomic E-state index is 8.25. The largest absolute Gasteiger partial charge is 0.330 e. The van der Waals surface area contributed by atoms with E-state index in [1.54, 1.807) is 0 Å². The zero-order valence-corrected chi connectivity index (χ0v) is 37.2. The van der Waals surface area contributed by atoms with Gasteiger partial charge < -0.3 is 20.6 Å². The van der Waals surface area contributed by atoms with Gasteiger partial charge in [-0.2, -0.15) is 0 Å². The molecule has 8 nitrogen and oxygen atoms in total. The van der Waals surface area contributed by atoms with Crippen LogP contribution in [0.25, 0.3) is 43.9 Å². The van der Waals surface area contributed by atoms with Crippen LogP contribution in [0, 0.1) is 0 Å². The molecular formula is C54H66N8. The second-order valence-corrected chi connectivity index (χ2v) is 17.4. The Kier molecular flexibility index (Phi) is 14.4. The SMILES string of the molecule is CCCCc1nc2c(C(N)(CCCCCCCCCCCN)c3nc4ccccc4c4c3nc(CCCC)n4Cc3ccccc3)nc3ccccc3c2n1Cc1ccccc1. The van der Waals surface area contributed by atoms with Crippen LogP contribution >= 0.6 is 0 Å². The molecule has 0 amide bonds. The highest BCUT2D eigenvalue weighted by atomic mass is 15.1. The van der Waals surface area contributed by atoms with Crippen LogP contribution in [0.15, 0.2) is 109 Å². The van der Waals surface area contributed by atoms with E-state index in [4.69, 9.17) is 31.4 Å². The van der Waals surface area contributed by atoms with E-state index >= 15 is 0 Å². The van der Waals surface area contributed by atoms with Crippen LogP contribution in [0.4, 0.5) is 0 Å². The summed E-state index contributed by atoms with van der Waals surface area (Å²) in [7, 11) is 0. The fourth-order valence-corrected chi connectivity index (χ4v) is 9.44. The number of para-hydroxylation sites is 2. The van der Waals surface area contributed by atoms with Crippen molar-refractivity contribution in [2.45, 2.75) is 135 Å². The minimum absolute atomic E-state index is 0.677. The lowest BCUT2D eigenvalue weighted by molar-refractivity contribution is 0.438. The second kappa shape index (κ2) is 20.6. The number of nitrogens with zero attached hydrogens (tertiary/aromatic N) is 6. The first-order valence-corrected chi connectivity index (χ1v) is 23.7. The van der Waals surface area contributed by atoms with Crippen molar-refractivity contribution in [3.05, 3.63) is 143 Å². The van der Waals surface area contributed by atoms with Gasteiger partial charge in [-0.3, -0.25) is 0 Å². The number of rotatable bonds is 23. The number of hydrogen-bond acceptors (Lipinski definition) is 6. The van der Waals surface area contributed by atoms with Gasteiger partial charge >= 0.3 is 0 Å². The number of nitrogens with two attached hydrogens (primary N) is 2. The number of aromatic nitrogens is 6. The van der Waals surface area contributed by atoms with E-state index in [0.29, 0.717) is 6.42 Å². The minimum Gasteiger partial charge on any atom is -0.330 e. The third-order valence-corrected chi connectivity index (χ3v) is 12.8. The van der Waals surface area contributed by atoms with E-state index in [0.717, 1.165) is 144 Å². The maximum atomic E-state index is 8.25. The summed E-state index contributed by atoms with van der Waals surface area (Å²) in [6.45, 7) is 6.73. The molecule has 4 aromatic heterocycles. The molecule has 62 heavy (non-hydrogen) atoms. The van der Waals surface area contributed by atoms with Crippen molar-refractivity contribution < 1.29 is 0 Å². The van der Waals surface area contributed by atoms with Crippen molar-refractivity contribution in [3.63, 3.8) is 0 Å². The zero-order valence-electron chi connectivity index (χ0n) is 37.2. The fourth-order valence-electron chi connectivity index (χ4n) is 9.44.